The van der Waals surface area contributed by atoms with E-state index >= 15 is 0 Å². The molecule has 0 spiro atoms. The van der Waals surface area contributed by atoms with Gasteiger partial charge in [0.05, 0.1) is 6.10 Å². The van der Waals surface area contributed by atoms with Crippen LogP contribution in [-0.2, 0) is 4.74 Å². The molecule has 0 bridgehead atoms. The van der Waals surface area contributed by atoms with Crippen molar-refractivity contribution in [2.24, 2.45) is 11.8 Å². The number of halogens is 1. The zero-order valence-electron chi connectivity index (χ0n) is 10.1. The maximum Gasteiger partial charge on any atom is 0.125 e. The van der Waals surface area contributed by atoms with Gasteiger partial charge in [-0.25, -0.2) is 4.39 Å². The molecule has 2 aliphatic carbocycles. The lowest BCUT2D eigenvalue weighted by atomic mass is 9.87. The molecular weight excluding hydrogens is 203 g/mol. The second-order valence-electron chi connectivity index (χ2n) is 5.66. The van der Waals surface area contributed by atoms with Crippen molar-refractivity contribution in [3.8, 4) is 0 Å². The van der Waals surface area contributed by atoms with Crippen molar-refractivity contribution in [1.82, 2.24) is 0 Å². The Morgan fingerprint density at radius 2 is 2.12 bits per heavy atom. The Balaban J connectivity index is 1.91. The Kier molecular flexibility index (Phi) is 2.43. The molecule has 3 atom stereocenters. The van der Waals surface area contributed by atoms with Crippen molar-refractivity contribution >= 4 is 0 Å². The average Bonchev–Trinajstić information content (AvgIpc) is 2.62. The van der Waals surface area contributed by atoms with E-state index in [-0.39, 0.29) is 11.9 Å². The van der Waals surface area contributed by atoms with Crippen molar-refractivity contribution < 1.29 is 9.13 Å². The van der Waals surface area contributed by atoms with Crippen molar-refractivity contribution in [2.45, 2.75) is 45.6 Å². The second kappa shape index (κ2) is 3.69. The van der Waals surface area contributed by atoms with Gasteiger partial charge in [0.1, 0.15) is 5.83 Å². The summed E-state index contributed by atoms with van der Waals surface area (Å²) in [6.07, 6.45) is 4.25. The van der Waals surface area contributed by atoms with Crippen LogP contribution in [0.4, 0.5) is 4.39 Å². The van der Waals surface area contributed by atoms with Crippen molar-refractivity contribution in [2.75, 3.05) is 6.61 Å². The normalized spacial score (nSPS) is 38.8. The SMILES string of the molecule is CC1=C(F)C2=C(CC1)C1OCC(C)CC1C2. The Bertz CT molecular complexity index is 380. The molecule has 3 unspecified atom stereocenters. The Morgan fingerprint density at radius 3 is 2.94 bits per heavy atom. The molecule has 16 heavy (non-hydrogen) atoms. The monoisotopic (exact) mass is 222 g/mol. The number of ether oxygens (including phenoxy) is 1. The summed E-state index contributed by atoms with van der Waals surface area (Å²) in [5, 5.41) is 0. The summed E-state index contributed by atoms with van der Waals surface area (Å²) in [6, 6.07) is 0. The van der Waals surface area contributed by atoms with Crippen molar-refractivity contribution in [3.63, 3.8) is 0 Å². The van der Waals surface area contributed by atoms with Crippen LogP contribution >= 0.6 is 0 Å². The van der Waals surface area contributed by atoms with Crippen LogP contribution in [-0.4, -0.2) is 12.7 Å². The highest BCUT2D eigenvalue weighted by molar-refractivity contribution is 5.43. The van der Waals surface area contributed by atoms with E-state index in [1.807, 2.05) is 6.92 Å². The average molecular weight is 222 g/mol. The Morgan fingerprint density at radius 1 is 1.31 bits per heavy atom. The predicted molar refractivity (Wildman–Crippen MR) is 61.7 cm³/mol. The fourth-order valence-electron chi connectivity index (χ4n) is 3.47. The summed E-state index contributed by atoms with van der Waals surface area (Å²) in [5.41, 5.74) is 3.21. The van der Waals surface area contributed by atoms with Crippen LogP contribution in [0.1, 0.15) is 39.5 Å². The van der Waals surface area contributed by atoms with Gasteiger partial charge in [-0.1, -0.05) is 6.92 Å². The molecule has 88 valence electrons. The van der Waals surface area contributed by atoms with Crippen molar-refractivity contribution in [3.05, 3.63) is 22.5 Å². The minimum absolute atomic E-state index is 0.0758. The van der Waals surface area contributed by atoms with Gasteiger partial charge in [0.15, 0.2) is 0 Å². The van der Waals surface area contributed by atoms with Crippen LogP contribution in [0.5, 0.6) is 0 Å². The zero-order chi connectivity index (χ0) is 11.3. The van der Waals surface area contributed by atoms with E-state index in [0.29, 0.717) is 11.8 Å². The first-order valence-corrected chi connectivity index (χ1v) is 6.36. The van der Waals surface area contributed by atoms with Crippen LogP contribution in [0.2, 0.25) is 0 Å². The lowest BCUT2D eigenvalue weighted by Crippen LogP contribution is -2.31. The largest absolute Gasteiger partial charge is 0.373 e. The van der Waals surface area contributed by atoms with E-state index in [1.54, 1.807) is 0 Å². The lowest BCUT2D eigenvalue weighted by molar-refractivity contribution is -0.0241. The first-order valence-electron chi connectivity index (χ1n) is 6.36. The number of fused-ring (bicyclic) bond motifs is 2. The molecule has 1 fully saturated rings. The fraction of sp³-hybridized carbons (Fsp3) is 0.714. The molecule has 1 saturated heterocycles. The minimum Gasteiger partial charge on any atom is -0.373 e. The first kappa shape index (κ1) is 10.5. The molecule has 3 rings (SSSR count). The van der Waals surface area contributed by atoms with Gasteiger partial charge in [-0.05, 0) is 61.2 Å². The first-order chi connectivity index (χ1) is 7.66. The third kappa shape index (κ3) is 1.46. The predicted octanol–water partition coefficient (Wildman–Crippen LogP) is 3.77. The zero-order valence-corrected chi connectivity index (χ0v) is 10.1. The van der Waals surface area contributed by atoms with Gasteiger partial charge in [-0.3, -0.25) is 0 Å². The smallest absolute Gasteiger partial charge is 0.125 e. The molecule has 0 radical (unpaired) electrons. The van der Waals surface area contributed by atoms with E-state index in [1.165, 1.54) is 12.0 Å². The van der Waals surface area contributed by atoms with E-state index < -0.39 is 0 Å². The highest BCUT2D eigenvalue weighted by atomic mass is 19.1. The summed E-state index contributed by atoms with van der Waals surface area (Å²) in [5.74, 6) is 1.26. The molecule has 0 aromatic heterocycles. The Hall–Kier alpha value is -0.630. The van der Waals surface area contributed by atoms with E-state index in [9.17, 15) is 4.39 Å². The van der Waals surface area contributed by atoms with Crippen LogP contribution < -0.4 is 0 Å². The molecule has 1 nitrogen and oxygen atoms in total. The molecule has 0 amide bonds. The summed E-state index contributed by atoms with van der Waals surface area (Å²) in [6.45, 7) is 5.00. The van der Waals surface area contributed by atoms with E-state index in [4.69, 9.17) is 4.74 Å². The topological polar surface area (TPSA) is 9.23 Å². The van der Waals surface area contributed by atoms with Crippen LogP contribution in [0.15, 0.2) is 22.5 Å². The van der Waals surface area contributed by atoms with Crippen molar-refractivity contribution in [1.29, 1.82) is 0 Å². The summed E-state index contributed by atoms with van der Waals surface area (Å²) in [4.78, 5) is 0. The van der Waals surface area contributed by atoms with Gasteiger partial charge < -0.3 is 4.74 Å². The number of allylic oxidation sites excluding steroid dienone is 3. The third-order valence-electron chi connectivity index (χ3n) is 4.30. The molecule has 0 aromatic rings. The maximum atomic E-state index is 14.0. The second-order valence-corrected chi connectivity index (χ2v) is 5.66. The highest BCUT2D eigenvalue weighted by Gasteiger charge is 2.41. The van der Waals surface area contributed by atoms with Gasteiger partial charge in [-0.15, -0.1) is 0 Å². The Labute approximate surface area is 96.4 Å². The van der Waals surface area contributed by atoms with Gasteiger partial charge in [0, 0.05) is 6.61 Å². The third-order valence-corrected chi connectivity index (χ3v) is 4.30. The highest BCUT2D eigenvalue weighted by Crippen LogP contribution is 2.48. The molecule has 1 heterocycles. The minimum atomic E-state index is 0.0758. The van der Waals surface area contributed by atoms with Crippen LogP contribution in [0, 0.1) is 11.8 Å². The molecule has 0 saturated carbocycles. The van der Waals surface area contributed by atoms with Crippen LogP contribution in [0.3, 0.4) is 0 Å². The number of rotatable bonds is 0. The number of hydrogen-bond acceptors (Lipinski definition) is 1. The maximum absolute atomic E-state index is 14.0. The van der Waals surface area contributed by atoms with Gasteiger partial charge in [0.2, 0.25) is 0 Å². The molecule has 0 aromatic carbocycles. The summed E-state index contributed by atoms with van der Waals surface area (Å²) < 4.78 is 20.0. The van der Waals surface area contributed by atoms with Gasteiger partial charge in [-0.2, -0.15) is 0 Å². The fourth-order valence-corrected chi connectivity index (χ4v) is 3.47. The summed E-state index contributed by atoms with van der Waals surface area (Å²) >= 11 is 0. The lowest BCUT2D eigenvalue weighted by Gasteiger charge is -2.32. The standard InChI is InChI=1S/C14H19FO/c1-8-5-10-6-12-11(14(10)16-7-8)4-3-9(2)13(12)15/h8,10,14H,3-7H2,1-2H3. The molecule has 1 aliphatic heterocycles. The molecule has 2 heteroatoms. The summed E-state index contributed by atoms with van der Waals surface area (Å²) in [7, 11) is 0. The van der Waals surface area contributed by atoms with E-state index in [2.05, 4.69) is 6.92 Å². The van der Waals surface area contributed by atoms with Gasteiger partial charge >= 0.3 is 0 Å². The quantitative estimate of drug-likeness (QED) is 0.606. The molecular formula is C14H19FO. The molecule has 0 N–H and O–H groups in total. The van der Waals surface area contributed by atoms with E-state index in [0.717, 1.165) is 37.0 Å². The van der Waals surface area contributed by atoms with Gasteiger partial charge in [0.25, 0.3) is 0 Å². The van der Waals surface area contributed by atoms with Crippen LogP contribution in [0.25, 0.3) is 0 Å². The molecule has 3 aliphatic rings. The number of hydrogen-bond donors (Lipinski definition) is 0.